The molecular weight excluding hydrogens is 336 g/mol. The second-order valence-corrected chi connectivity index (χ2v) is 5.78. The molecule has 1 unspecified atom stereocenters. The quantitative estimate of drug-likeness (QED) is 0.802. The number of hydrogen-bond donors (Lipinski definition) is 2. The normalized spacial score (nSPS) is 11.9. The number of rotatable bonds is 5. The van der Waals surface area contributed by atoms with Crippen LogP contribution in [0.1, 0.15) is 30.1 Å². The van der Waals surface area contributed by atoms with Gasteiger partial charge < -0.3 is 11.1 Å². The van der Waals surface area contributed by atoms with Crippen molar-refractivity contribution in [2.45, 2.75) is 25.8 Å². The van der Waals surface area contributed by atoms with Gasteiger partial charge in [0.1, 0.15) is 0 Å². The summed E-state index contributed by atoms with van der Waals surface area (Å²) < 4.78 is 0.766. The van der Waals surface area contributed by atoms with Crippen molar-refractivity contribution in [2.24, 2.45) is 5.73 Å². The highest BCUT2D eigenvalue weighted by atomic mass is 79.9. The van der Waals surface area contributed by atoms with Crippen molar-refractivity contribution in [1.29, 1.82) is 0 Å². The number of benzene rings is 1. The van der Waals surface area contributed by atoms with Crippen molar-refractivity contribution in [3.05, 3.63) is 33.3 Å². The van der Waals surface area contributed by atoms with E-state index >= 15 is 0 Å². The highest BCUT2D eigenvalue weighted by Gasteiger charge is 2.13. The number of carbonyl (C=O) groups is 1. The average molecular weight is 350 g/mol. The predicted octanol–water partition coefficient (Wildman–Crippen LogP) is 3.29. The molecule has 0 aliphatic rings. The molecule has 0 fully saturated rings. The van der Waals surface area contributed by atoms with Crippen LogP contribution in [0.5, 0.6) is 0 Å². The van der Waals surface area contributed by atoms with E-state index in [9.17, 15) is 4.79 Å². The van der Waals surface area contributed by atoms with Gasteiger partial charge in [-0.1, -0.05) is 46.7 Å². The molecule has 1 aromatic carbocycles. The first-order valence-corrected chi connectivity index (χ1v) is 7.05. The van der Waals surface area contributed by atoms with E-state index in [1.54, 1.807) is 18.2 Å². The molecule has 0 saturated heterocycles. The Labute approximate surface area is 125 Å². The number of amides is 1. The molecule has 0 bridgehead atoms. The van der Waals surface area contributed by atoms with Gasteiger partial charge in [0.05, 0.1) is 4.99 Å². The zero-order chi connectivity index (χ0) is 13.7. The van der Waals surface area contributed by atoms with E-state index < -0.39 is 0 Å². The van der Waals surface area contributed by atoms with E-state index in [0.29, 0.717) is 22.0 Å². The molecule has 0 aromatic heterocycles. The lowest BCUT2D eigenvalue weighted by atomic mass is 10.1. The molecule has 0 heterocycles. The zero-order valence-corrected chi connectivity index (χ0v) is 13.0. The molecule has 6 heteroatoms. The van der Waals surface area contributed by atoms with E-state index in [4.69, 9.17) is 29.6 Å². The Balaban J connectivity index is 2.77. The highest BCUT2D eigenvalue weighted by Crippen LogP contribution is 2.19. The van der Waals surface area contributed by atoms with E-state index in [-0.39, 0.29) is 11.9 Å². The summed E-state index contributed by atoms with van der Waals surface area (Å²) in [6.45, 7) is 1.97. The van der Waals surface area contributed by atoms with Gasteiger partial charge in [0, 0.05) is 27.5 Å². The van der Waals surface area contributed by atoms with Gasteiger partial charge in [0.25, 0.3) is 5.91 Å². The molecular formula is C12H14BrClN2OS. The number of carbonyl (C=O) groups excluding carboxylic acids is 1. The lowest BCUT2D eigenvalue weighted by molar-refractivity contribution is 0.0937. The van der Waals surface area contributed by atoms with Crippen LogP contribution in [-0.4, -0.2) is 16.9 Å². The van der Waals surface area contributed by atoms with Crippen LogP contribution in [0.2, 0.25) is 5.02 Å². The van der Waals surface area contributed by atoms with Gasteiger partial charge in [-0.25, -0.2) is 0 Å². The minimum absolute atomic E-state index is 0.0484. The summed E-state index contributed by atoms with van der Waals surface area (Å²) in [7, 11) is 0. The maximum Gasteiger partial charge on any atom is 0.251 e. The number of thiocarbonyl (C=S) groups is 1. The predicted molar refractivity (Wildman–Crippen MR) is 82.1 cm³/mol. The van der Waals surface area contributed by atoms with Crippen LogP contribution in [-0.2, 0) is 0 Å². The lowest BCUT2D eigenvalue weighted by Gasteiger charge is -2.16. The Morgan fingerprint density at radius 3 is 2.72 bits per heavy atom. The Bertz CT molecular complexity index is 447. The van der Waals surface area contributed by atoms with Crippen LogP contribution in [0, 0.1) is 0 Å². The molecule has 1 atom stereocenters. The number of hydrogen-bond acceptors (Lipinski definition) is 2. The van der Waals surface area contributed by atoms with Gasteiger partial charge in [-0.2, -0.15) is 0 Å². The molecule has 3 N–H and O–H groups in total. The first-order valence-electron chi connectivity index (χ1n) is 5.47. The third-order valence-corrected chi connectivity index (χ3v) is 3.24. The molecule has 1 aromatic rings. The van der Waals surface area contributed by atoms with E-state index in [1.165, 1.54) is 0 Å². The lowest BCUT2D eigenvalue weighted by Crippen LogP contribution is -2.37. The average Bonchev–Trinajstić information content (AvgIpc) is 2.26. The molecule has 0 aliphatic carbocycles. The third kappa shape index (κ3) is 4.92. The molecule has 0 spiro atoms. The first kappa shape index (κ1) is 15.4. The molecule has 3 nitrogen and oxygen atoms in total. The van der Waals surface area contributed by atoms with Gasteiger partial charge in [-0.05, 0) is 24.6 Å². The Kier molecular flexibility index (Phi) is 6.05. The number of halogens is 2. The molecule has 0 radical (unpaired) electrons. The van der Waals surface area contributed by atoms with Crippen LogP contribution < -0.4 is 11.1 Å². The SMILES string of the molecule is CCC(CC(N)=S)NC(=O)c1cc(Cl)cc(Br)c1. The van der Waals surface area contributed by atoms with Gasteiger partial charge >= 0.3 is 0 Å². The Morgan fingerprint density at radius 2 is 2.22 bits per heavy atom. The minimum atomic E-state index is -0.179. The van der Waals surface area contributed by atoms with E-state index in [0.717, 1.165) is 10.9 Å². The van der Waals surface area contributed by atoms with Gasteiger partial charge in [0.15, 0.2) is 0 Å². The second-order valence-electron chi connectivity index (χ2n) is 3.91. The smallest absolute Gasteiger partial charge is 0.251 e. The molecule has 0 saturated carbocycles. The molecule has 1 amide bonds. The topological polar surface area (TPSA) is 55.1 Å². The summed E-state index contributed by atoms with van der Waals surface area (Å²) in [5.74, 6) is -0.179. The number of nitrogens with two attached hydrogens (primary N) is 1. The first-order chi connectivity index (χ1) is 8.42. The molecule has 18 heavy (non-hydrogen) atoms. The third-order valence-electron chi connectivity index (χ3n) is 2.40. The van der Waals surface area contributed by atoms with Crippen molar-refractivity contribution in [1.82, 2.24) is 5.32 Å². The van der Waals surface area contributed by atoms with E-state index in [2.05, 4.69) is 21.2 Å². The van der Waals surface area contributed by atoms with Crippen molar-refractivity contribution in [3.8, 4) is 0 Å². The van der Waals surface area contributed by atoms with Crippen molar-refractivity contribution < 1.29 is 4.79 Å². The second kappa shape index (κ2) is 7.07. The molecule has 98 valence electrons. The fourth-order valence-electron chi connectivity index (χ4n) is 1.49. The Hall–Kier alpha value is -0.650. The monoisotopic (exact) mass is 348 g/mol. The maximum absolute atomic E-state index is 12.0. The Morgan fingerprint density at radius 1 is 1.56 bits per heavy atom. The zero-order valence-electron chi connectivity index (χ0n) is 9.87. The summed E-state index contributed by atoms with van der Waals surface area (Å²) in [5.41, 5.74) is 5.99. The van der Waals surface area contributed by atoms with Gasteiger partial charge in [0.2, 0.25) is 0 Å². The summed E-state index contributed by atoms with van der Waals surface area (Å²) in [5, 5.41) is 3.39. The molecule has 1 rings (SSSR count). The van der Waals surface area contributed by atoms with Crippen LogP contribution in [0.3, 0.4) is 0 Å². The summed E-state index contributed by atoms with van der Waals surface area (Å²) >= 11 is 14.0. The maximum atomic E-state index is 12.0. The number of nitrogens with one attached hydrogen (secondary N) is 1. The summed E-state index contributed by atoms with van der Waals surface area (Å²) in [4.78, 5) is 12.4. The van der Waals surface area contributed by atoms with Crippen LogP contribution >= 0.6 is 39.7 Å². The fraction of sp³-hybridized carbons (Fsp3) is 0.333. The van der Waals surface area contributed by atoms with Gasteiger partial charge in [-0.3, -0.25) is 4.79 Å². The van der Waals surface area contributed by atoms with Gasteiger partial charge in [-0.15, -0.1) is 0 Å². The van der Waals surface area contributed by atoms with E-state index in [1.807, 2.05) is 6.92 Å². The van der Waals surface area contributed by atoms with Crippen molar-refractivity contribution >= 4 is 50.6 Å². The largest absolute Gasteiger partial charge is 0.393 e. The minimum Gasteiger partial charge on any atom is -0.393 e. The summed E-state index contributed by atoms with van der Waals surface area (Å²) in [6, 6.07) is 5.02. The van der Waals surface area contributed by atoms with Crippen LogP contribution in [0.25, 0.3) is 0 Å². The van der Waals surface area contributed by atoms with Crippen LogP contribution in [0.15, 0.2) is 22.7 Å². The highest BCUT2D eigenvalue weighted by molar-refractivity contribution is 9.10. The van der Waals surface area contributed by atoms with Crippen molar-refractivity contribution in [2.75, 3.05) is 0 Å². The van der Waals surface area contributed by atoms with Crippen LogP contribution in [0.4, 0.5) is 0 Å². The standard InChI is InChI=1S/C12H14BrClN2OS/c1-2-10(6-11(15)18)16-12(17)7-3-8(13)5-9(14)4-7/h3-5,10H,2,6H2,1H3,(H2,15,18)(H,16,17). The van der Waals surface area contributed by atoms with Crippen molar-refractivity contribution in [3.63, 3.8) is 0 Å². The molecule has 0 aliphatic heterocycles. The summed E-state index contributed by atoms with van der Waals surface area (Å²) in [6.07, 6.45) is 1.27. The fourth-order valence-corrected chi connectivity index (χ4v) is 2.56.